The molecule has 0 fully saturated rings. The Morgan fingerprint density at radius 1 is 1.53 bits per heavy atom. The Labute approximate surface area is 103 Å². The van der Waals surface area contributed by atoms with Crippen LogP contribution in [-0.4, -0.2) is 49.6 Å². The molecule has 17 heavy (non-hydrogen) atoms. The van der Waals surface area contributed by atoms with E-state index in [-0.39, 0.29) is 6.10 Å². The molecule has 0 aliphatic rings. The van der Waals surface area contributed by atoms with Crippen molar-refractivity contribution in [1.82, 2.24) is 5.32 Å². The van der Waals surface area contributed by atoms with Gasteiger partial charge in [0.15, 0.2) is 0 Å². The molecule has 5 nitrogen and oxygen atoms in total. The number of hydrogen-bond acceptors (Lipinski definition) is 4. The van der Waals surface area contributed by atoms with E-state index in [9.17, 15) is 4.79 Å². The summed E-state index contributed by atoms with van der Waals surface area (Å²) in [4.78, 5) is 11.1. The monoisotopic (exact) mass is 247 g/mol. The van der Waals surface area contributed by atoms with Gasteiger partial charge < -0.3 is 19.9 Å². The van der Waals surface area contributed by atoms with Crippen LogP contribution in [0.3, 0.4) is 0 Å². The summed E-state index contributed by atoms with van der Waals surface area (Å²) in [6.45, 7) is 7.30. The van der Waals surface area contributed by atoms with E-state index in [1.807, 2.05) is 13.8 Å². The summed E-state index contributed by atoms with van der Waals surface area (Å²) >= 11 is 0. The molecule has 5 heteroatoms. The zero-order valence-corrected chi connectivity index (χ0v) is 11.3. The lowest BCUT2D eigenvalue weighted by Crippen LogP contribution is -2.49. The number of hydrogen-bond donors (Lipinski definition) is 2. The van der Waals surface area contributed by atoms with Gasteiger partial charge in [-0.3, -0.25) is 4.79 Å². The summed E-state index contributed by atoms with van der Waals surface area (Å²) < 4.78 is 10.4. The number of rotatable bonds is 10. The third kappa shape index (κ3) is 6.61. The molecule has 0 aliphatic carbocycles. The largest absolute Gasteiger partial charge is 0.480 e. The quantitative estimate of drug-likeness (QED) is 0.569. The lowest BCUT2D eigenvalue weighted by atomic mass is 9.96. The van der Waals surface area contributed by atoms with Gasteiger partial charge in [0.2, 0.25) is 0 Å². The number of methoxy groups -OCH3 is 1. The Morgan fingerprint density at radius 3 is 2.65 bits per heavy atom. The summed E-state index contributed by atoms with van der Waals surface area (Å²) in [5.74, 6) is -0.815. The number of nitrogens with one attached hydrogen (secondary N) is 1. The number of carboxylic acids is 1. The van der Waals surface area contributed by atoms with E-state index < -0.39 is 11.5 Å². The fourth-order valence-corrected chi connectivity index (χ4v) is 1.65. The maximum Gasteiger partial charge on any atom is 0.323 e. The van der Waals surface area contributed by atoms with Crippen LogP contribution >= 0.6 is 0 Å². The number of ether oxygens (including phenoxy) is 2. The first-order valence-corrected chi connectivity index (χ1v) is 6.05. The predicted molar refractivity (Wildman–Crippen MR) is 66.2 cm³/mol. The van der Waals surface area contributed by atoms with Gasteiger partial charge in [-0.15, -0.1) is 0 Å². The van der Waals surface area contributed by atoms with Crippen LogP contribution in [0.5, 0.6) is 0 Å². The highest BCUT2D eigenvalue weighted by Gasteiger charge is 2.31. The van der Waals surface area contributed by atoms with Gasteiger partial charge >= 0.3 is 5.97 Å². The lowest BCUT2D eigenvalue weighted by Gasteiger charge is -2.25. The molecule has 0 spiro atoms. The van der Waals surface area contributed by atoms with Crippen LogP contribution in [0.4, 0.5) is 0 Å². The Kier molecular flexibility index (Phi) is 8.12. The van der Waals surface area contributed by atoms with Crippen molar-refractivity contribution in [3.8, 4) is 0 Å². The van der Waals surface area contributed by atoms with Crippen LogP contribution in [0.1, 0.15) is 33.6 Å². The molecule has 0 aromatic rings. The second-order valence-corrected chi connectivity index (χ2v) is 4.41. The average molecular weight is 247 g/mol. The van der Waals surface area contributed by atoms with Gasteiger partial charge in [-0.2, -0.15) is 0 Å². The van der Waals surface area contributed by atoms with E-state index >= 15 is 0 Å². The minimum Gasteiger partial charge on any atom is -0.480 e. The fourth-order valence-electron chi connectivity index (χ4n) is 1.65. The van der Waals surface area contributed by atoms with Crippen LogP contribution in [0.2, 0.25) is 0 Å². The second kappa shape index (κ2) is 8.44. The van der Waals surface area contributed by atoms with Crippen LogP contribution in [0, 0.1) is 0 Å². The smallest absolute Gasteiger partial charge is 0.323 e. The summed E-state index contributed by atoms with van der Waals surface area (Å²) in [5.41, 5.74) is -0.859. The van der Waals surface area contributed by atoms with Crippen molar-refractivity contribution in [3.05, 3.63) is 0 Å². The highest BCUT2D eigenvalue weighted by atomic mass is 16.5. The molecule has 0 aromatic carbocycles. The van der Waals surface area contributed by atoms with Crippen molar-refractivity contribution in [1.29, 1.82) is 0 Å². The van der Waals surface area contributed by atoms with Gasteiger partial charge in [0.25, 0.3) is 0 Å². The Hall–Kier alpha value is -0.650. The zero-order chi connectivity index (χ0) is 13.3. The zero-order valence-electron chi connectivity index (χ0n) is 11.3. The SMILES string of the molecule is CCNC(C)(CCCOC(C)COC)C(=O)O. The Morgan fingerprint density at radius 2 is 2.18 bits per heavy atom. The Bertz CT molecular complexity index is 223. The summed E-state index contributed by atoms with van der Waals surface area (Å²) in [6, 6.07) is 0. The van der Waals surface area contributed by atoms with Crippen LogP contribution in [0.15, 0.2) is 0 Å². The number of carbonyl (C=O) groups is 1. The van der Waals surface area contributed by atoms with E-state index in [2.05, 4.69) is 5.32 Å². The van der Waals surface area contributed by atoms with E-state index in [1.165, 1.54) is 0 Å². The first-order chi connectivity index (χ1) is 7.96. The lowest BCUT2D eigenvalue weighted by molar-refractivity contribution is -0.144. The molecular formula is C12H25NO4. The van der Waals surface area contributed by atoms with E-state index in [1.54, 1.807) is 14.0 Å². The van der Waals surface area contributed by atoms with Crippen molar-refractivity contribution in [2.24, 2.45) is 0 Å². The highest BCUT2D eigenvalue weighted by Crippen LogP contribution is 2.13. The first kappa shape index (κ1) is 16.4. The summed E-state index contributed by atoms with van der Waals surface area (Å²) in [5, 5.41) is 12.1. The van der Waals surface area contributed by atoms with Gasteiger partial charge in [0.05, 0.1) is 12.7 Å². The molecule has 0 rings (SSSR count). The molecule has 0 saturated heterocycles. The Balaban J connectivity index is 3.87. The van der Waals surface area contributed by atoms with Gasteiger partial charge in [-0.05, 0) is 33.2 Å². The first-order valence-electron chi connectivity index (χ1n) is 6.05. The molecule has 0 radical (unpaired) electrons. The van der Waals surface area contributed by atoms with Gasteiger partial charge in [-0.1, -0.05) is 6.92 Å². The van der Waals surface area contributed by atoms with E-state index in [0.29, 0.717) is 32.6 Å². The molecule has 102 valence electrons. The number of likely N-dealkylation sites (N-methyl/N-ethyl adjacent to an activating group) is 1. The van der Waals surface area contributed by atoms with Gasteiger partial charge in [0.1, 0.15) is 5.54 Å². The van der Waals surface area contributed by atoms with Crippen LogP contribution in [-0.2, 0) is 14.3 Å². The van der Waals surface area contributed by atoms with Crippen LogP contribution < -0.4 is 5.32 Å². The molecule has 0 aliphatic heterocycles. The van der Waals surface area contributed by atoms with Crippen molar-refractivity contribution in [2.75, 3.05) is 26.9 Å². The molecule has 0 bridgehead atoms. The maximum atomic E-state index is 11.1. The number of carboxylic acid groups (broad SMARTS) is 1. The molecule has 2 unspecified atom stereocenters. The van der Waals surface area contributed by atoms with Gasteiger partial charge in [0, 0.05) is 13.7 Å². The van der Waals surface area contributed by atoms with Crippen molar-refractivity contribution in [3.63, 3.8) is 0 Å². The second-order valence-electron chi connectivity index (χ2n) is 4.41. The molecule has 0 saturated carbocycles. The van der Waals surface area contributed by atoms with E-state index in [0.717, 1.165) is 0 Å². The molecule has 0 amide bonds. The third-order valence-corrected chi connectivity index (χ3v) is 2.66. The number of aliphatic carboxylic acids is 1. The van der Waals surface area contributed by atoms with Crippen molar-refractivity contribution >= 4 is 5.97 Å². The minimum absolute atomic E-state index is 0.0511. The van der Waals surface area contributed by atoms with Gasteiger partial charge in [-0.25, -0.2) is 0 Å². The van der Waals surface area contributed by atoms with Crippen molar-refractivity contribution < 1.29 is 19.4 Å². The minimum atomic E-state index is -0.859. The topological polar surface area (TPSA) is 67.8 Å². The fraction of sp³-hybridized carbons (Fsp3) is 0.917. The maximum absolute atomic E-state index is 11.1. The average Bonchev–Trinajstić information content (AvgIpc) is 2.25. The van der Waals surface area contributed by atoms with Crippen molar-refractivity contribution in [2.45, 2.75) is 45.3 Å². The predicted octanol–water partition coefficient (Wildman–Crippen LogP) is 1.27. The third-order valence-electron chi connectivity index (χ3n) is 2.66. The molecule has 0 aromatic heterocycles. The standard InChI is InChI=1S/C12H25NO4/c1-5-13-12(3,11(14)15)7-6-8-17-10(2)9-16-4/h10,13H,5-9H2,1-4H3,(H,14,15). The molecule has 2 N–H and O–H groups in total. The summed E-state index contributed by atoms with van der Waals surface area (Å²) in [6.07, 6.45) is 1.31. The van der Waals surface area contributed by atoms with E-state index in [4.69, 9.17) is 14.6 Å². The molecular weight excluding hydrogens is 222 g/mol. The summed E-state index contributed by atoms with van der Waals surface area (Å²) in [7, 11) is 1.63. The normalized spacial score (nSPS) is 16.5. The molecule has 2 atom stereocenters. The highest BCUT2D eigenvalue weighted by molar-refractivity contribution is 5.78. The molecule has 0 heterocycles. The van der Waals surface area contributed by atoms with Crippen LogP contribution in [0.25, 0.3) is 0 Å².